The van der Waals surface area contributed by atoms with Gasteiger partial charge in [0, 0.05) is 36.9 Å². The van der Waals surface area contributed by atoms with Crippen molar-refractivity contribution in [2.45, 2.75) is 18.8 Å². The minimum atomic E-state index is -0.322. The summed E-state index contributed by atoms with van der Waals surface area (Å²) in [6, 6.07) is 17.8. The fourth-order valence-electron chi connectivity index (χ4n) is 3.64. The van der Waals surface area contributed by atoms with Gasteiger partial charge in [-0.05, 0) is 11.6 Å². The lowest BCUT2D eigenvalue weighted by Gasteiger charge is -2.25. The zero-order valence-corrected chi connectivity index (χ0v) is 16.1. The van der Waals surface area contributed by atoms with E-state index in [-0.39, 0.29) is 24.2 Å². The standard InChI is InChI=1S/C22H22N4O3/c1-23-22(28)20-19-16(13-18(27)24-21(19)26-25-20)15-9-5-6-10-17(15)29-12-11-14-7-3-2-4-8-14/h2-10,16H,11-13H2,1H3,(H,23,28)(H2,24,25,26,27). The molecule has 1 aromatic heterocycles. The SMILES string of the molecule is CNC(=O)c1[nH]nc2c1C(c1ccccc1OCCc1ccccc1)CC(=O)N2. The fourth-order valence-corrected chi connectivity index (χ4v) is 3.64. The molecule has 1 unspecified atom stereocenters. The molecule has 2 aromatic carbocycles. The minimum absolute atomic E-state index is 0.142. The van der Waals surface area contributed by atoms with Crippen molar-refractivity contribution in [1.82, 2.24) is 15.5 Å². The Bertz CT molecular complexity index is 1030. The number of fused-ring (bicyclic) bond motifs is 1. The van der Waals surface area contributed by atoms with Crippen LogP contribution in [0.5, 0.6) is 5.75 Å². The number of rotatable bonds is 6. The third kappa shape index (κ3) is 3.85. The number of amides is 2. The molecule has 2 amide bonds. The van der Waals surface area contributed by atoms with Gasteiger partial charge in [-0.25, -0.2) is 0 Å². The first-order valence-electron chi connectivity index (χ1n) is 9.53. The van der Waals surface area contributed by atoms with Crippen LogP contribution in [0.25, 0.3) is 0 Å². The molecule has 0 fully saturated rings. The fraction of sp³-hybridized carbons (Fsp3) is 0.227. The van der Waals surface area contributed by atoms with Gasteiger partial charge in [0.25, 0.3) is 5.91 Å². The molecule has 3 N–H and O–H groups in total. The summed E-state index contributed by atoms with van der Waals surface area (Å²) in [4.78, 5) is 24.6. The number of hydrogen-bond donors (Lipinski definition) is 3. The minimum Gasteiger partial charge on any atom is -0.493 e. The van der Waals surface area contributed by atoms with Crippen LogP contribution in [-0.4, -0.2) is 35.7 Å². The van der Waals surface area contributed by atoms with E-state index in [1.165, 1.54) is 5.56 Å². The Hall–Kier alpha value is -3.61. The zero-order chi connectivity index (χ0) is 20.2. The van der Waals surface area contributed by atoms with Crippen molar-refractivity contribution in [2.24, 2.45) is 0 Å². The van der Waals surface area contributed by atoms with Gasteiger partial charge in [-0.15, -0.1) is 0 Å². The molecule has 0 saturated heterocycles. The highest BCUT2D eigenvalue weighted by molar-refractivity contribution is 6.00. The van der Waals surface area contributed by atoms with Crippen LogP contribution in [0.15, 0.2) is 54.6 Å². The Morgan fingerprint density at radius 1 is 1.17 bits per heavy atom. The van der Waals surface area contributed by atoms with Crippen molar-refractivity contribution in [3.63, 3.8) is 0 Å². The third-order valence-corrected chi connectivity index (χ3v) is 5.04. The number of para-hydroxylation sites is 1. The second kappa shape index (κ2) is 8.18. The Kier molecular flexibility index (Phi) is 5.29. The van der Waals surface area contributed by atoms with E-state index >= 15 is 0 Å². The van der Waals surface area contributed by atoms with Gasteiger partial charge in [0.2, 0.25) is 5.91 Å². The highest BCUT2D eigenvalue weighted by Crippen LogP contribution is 2.41. The van der Waals surface area contributed by atoms with Crippen molar-refractivity contribution in [1.29, 1.82) is 0 Å². The number of carbonyl (C=O) groups is 2. The van der Waals surface area contributed by atoms with Crippen LogP contribution >= 0.6 is 0 Å². The summed E-state index contributed by atoms with van der Waals surface area (Å²) in [5.41, 5.74) is 3.10. The molecule has 148 valence electrons. The molecule has 1 atom stereocenters. The van der Waals surface area contributed by atoms with Crippen LogP contribution < -0.4 is 15.4 Å². The zero-order valence-electron chi connectivity index (χ0n) is 16.1. The lowest BCUT2D eigenvalue weighted by atomic mass is 9.85. The first kappa shape index (κ1) is 18.7. The molecule has 4 rings (SSSR count). The third-order valence-electron chi connectivity index (χ3n) is 5.04. The Morgan fingerprint density at radius 3 is 2.72 bits per heavy atom. The summed E-state index contributed by atoms with van der Waals surface area (Å²) in [5, 5.41) is 12.2. The molecular weight excluding hydrogens is 368 g/mol. The molecular formula is C22H22N4O3. The van der Waals surface area contributed by atoms with E-state index in [1.54, 1.807) is 7.05 Å². The largest absolute Gasteiger partial charge is 0.493 e. The number of aromatic nitrogens is 2. The summed E-state index contributed by atoms with van der Waals surface area (Å²) in [6.07, 6.45) is 0.996. The van der Waals surface area contributed by atoms with E-state index in [0.717, 1.165) is 12.0 Å². The average molecular weight is 390 g/mol. The van der Waals surface area contributed by atoms with Crippen molar-refractivity contribution in [3.8, 4) is 5.75 Å². The number of nitrogens with one attached hydrogen (secondary N) is 3. The number of aromatic amines is 1. The summed E-state index contributed by atoms with van der Waals surface area (Å²) in [7, 11) is 1.56. The quantitative estimate of drug-likeness (QED) is 0.603. The van der Waals surface area contributed by atoms with E-state index in [0.29, 0.717) is 29.4 Å². The number of ether oxygens (including phenoxy) is 1. The first-order valence-corrected chi connectivity index (χ1v) is 9.53. The Morgan fingerprint density at radius 2 is 1.93 bits per heavy atom. The van der Waals surface area contributed by atoms with E-state index in [1.807, 2.05) is 42.5 Å². The second-order valence-corrected chi connectivity index (χ2v) is 6.87. The van der Waals surface area contributed by atoms with E-state index < -0.39 is 0 Å². The van der Waals surface area contributed by atoms with Crippen LogP contribution in [0.2, 0.25) is 0 Å². The monoisotopic (exact) mass is 390 g/mol. The van der Waals surface area contributed by atoms with Gasteiger partial charge in [0.1, 0.15) is 11.4 Å². The van der Waals surface area contributed by atoms with E-state index in [4.69, 9.17) is 4.74 Å². The van der Waals surface area contributed by atoms with Gasteiger partial charge >= 0.3 is 0 Å². The molecule has 29 heavy (non-hydrogen) atoms. The molecule has 2 heterocycles. The maximum absolute atomic E-state index is 12.3. The van der Waals surface area contributed by atoms with Crippen LogP contribution in [0.1, 0.15) is 39.5 Å². The normalized spacial score (nSPS) is 15.3. The summed E-state index contributed by atoms with van der Waals surface area (Å²) in [5.74, 6) is 0.360. The van der Waals surface area contributed by atoms with Gasteiger partial charge < -0.3 is 15.4 Å². The molecule has 0 aliphatic carbocycles. The van der Waals surface area contributed by atoms with Crippen LogP contribution in [-0.2, 0) is 11.2 Å². The topological polar surface area (TPSA) is 96.1 Å². The molecule has 1 aliphatic heterocycles. The van der Waals surface area contributed by atoms with Crippen LogP contribution in [0, 0.1) is 0 Å². The van der Waals surface area contributed by atoms with E-state index in [9.17, 15) is 9.59 Å². The predicted molar refractivity (Wildman–Crippen MR) is 109 cm³/mol. The number of hydrogen-bond acceptors (Lipinski definition) is 4. The van der Waals surface area contributed by atoms with Crippen molar-refractivity contribution >= 4 is 17.6 Å². The van der Waals surface area contributed by atoms with Crippen LogP contribution in [0.4, 0.5) is 5.82 Å². The number of nitrogens with zero attached hydrogens (tertiary/aromatic N) is 1. The molecule has 0 saturated carbocycles. The molecule has 7 nitrogen and oxygen atoms in total. The average Bonchev–Trinajstić information content (AvgIpc) is 3.17. The van der Waals surface area contributed by atoms with Crippen molar-refractivity contribution in [3.05, 3.63) is 77.0 Å². The summed E-state index contributed by atoms with van der Waals surface area (Å²) < 4.78 is 6.08. The maximum atomic E-state index is 12.3. The van der Waals surface area contributed by atoms with Gasteiger partial charge in [-0.2, -0.15) is 5.10 Å². The highest BCUT2D eigenvalue weighted by atomic mass is 16.5. The molecule has 0 bridgehead atoms. The summed E-state index contributed by atoms with van der Waals surface area (Å²) in [6.45, 7) is 0.514. The number of anilines is 1. The molecule has 0 spiro atoms. The number of H-pyrrole nitrogens is 1. The highest BCUT2D eigenvalue weighted by Gasteiger charge is 2.34. The first-order chi connectivity index (χ1) is 14.2. The summed E-state index contributed by atoms with van der Waals surface area (Å²) >= 11 is 0. The van der Waals surface area contributed by atoms with Crippen molar-refractivity contribution in [2.75, 3.05) is 19.0 Å². The van der Waals surface area contributed by atoms with Gasteiger partial charge in [-0.1, -0.05) is 48.5 Å². The van der Waals surface area contributed by atoms with E-state index in [2.05, 4.69) is 33.0 Å². The lowest BCUT2D eigenvalue weighted by molar-refractivity contribution is -0.116. The lowest BCUT2D eigenvalue weighted by Crippen LogP contribution is -2.26. The van der Waals surface area contributed by atoms with Crippen LogP contribution in [0.3, 0.4) is 0 Å². The molecule has 1 aliphatic rings. The Labute approximate surface area is 168 Å². The Balaban J connectivity index is 1.63. The number of benzene rings is 2. The van der Waals surface area contributed by atoms with Crippen molar-refractivity contribution < 1.29 is 14.3 Å². The van der Waals surface area contributed by atoms with Gasteiger partial charge in [0.15, 0.2) is 5.82 Å². The molecule has 3 aromatic rings. The van der Waals surface area contributed by atoms with Gasteiger partial charge in [0.05, 0.1) is 6.61 Å². The second-order valence-electron chi connectivity index (χ2n) is 6.87. The molecule has 7 heteroatoms. The van der Waals surface area contributed by atoms with Gasteiger partial charge in [-0.3, -0.25) is 14.7 Å². The smallest absolute Gasteiger partial charge is 0.269 e. The predicted octanol–water partition coefficient (Wildman–Crippen LogP) is 2.86. The molecule has 0 radical (unpaired) electrons. The number of carbonyl (C=O) groups excluding carboxylic acids is 2. The maximum Gasteiger partial charge on any atom is 0.269 e.